The van der Waals surface area contributed by atoms with Gasteiger partial charge in [-0.15, -0.1) is 0 Å². The summed E-state index contributed by atoms with van der Waals surface area (Å²) in [5, 5.41) is 12.4. The highest BCUT2D eigenvalue weighted by molar-refractivity contribution is 5.89. The molecule has 0 radical (unpaired) electrons. The number of hydrogen-bond acceptors (Lipinski definition) is 2. The van der Waals surface area contributed by atoms with Gasteiger partial charge in [0.1, 0.15) is 0 Å². The van der Waals surface area contributed by atoms with Gasteiger partial charge in [-0.3, -0.25) is 0 Å². The Balaban J connectivity index is 2.10. The van der Waals surface area contributed by atoms with Crippen molar-refractivity contribution in [2.45, 2.75) is 51.4 Å². The molecule has 2 rings (SSSR count). The summed E-state index contributed by atoms with van der Waals surface area (Å²) in [5.74, 6) is 0.481. The topological polar surface area (TPSA) is 32.6 Å². The Kier molecular flexibility index (Phi) is 3.22. The van der Waals surface area contributed by atoms with Gasteiger partial charge in [-0.25, -0.2) is 0 Å². The van der Waals surface area contributed by atoms with Crippen molar-refractivity contribution in [1.29, 1.82) is 0 Å². The summed E-state index contributed by atoms with van der Waals surface area (Å²) in [6, 6.07) is 0. The quantitative estimate of drug-likeness (QED) is 0.386. The molecule has 0 saturated heterocycles. The van der Waals surface area contributed by atoms with E-state index in [0.717, 1.165) is 12.1 Å². The van der Waals surface area contributed by atoms with E-state index in [1.165, 1.54) is 44.9 Å². The predicted molar refractivity (Wildman–Crippen MR) is 57.7 cm³/mol. The van der Waals surface area contributed by atoms with Crippen molar-refractivity contribution in [1.82, 2.24) is 0 Å². The maximum absolute atomic E-state index is 8.95. The fraction of sp³-hybridized carbons (Fsp3) is 0.750. The molecule has 1 atom stereocenters. The van der Waals surface area contributed by atoms with Crippen LogP contribution in [-0.2, 0) is 0 Å². The van der Waals surface area contributed by atoms with Gasteiger partial charge >= 0.3 is 0 Å². The summed E-state index contributed by atoms with van der Waals surface area (Å²) in [6.45, 7) is 0. The minimum atomic E-state index is 0.481. The van der Waals surface area contributed by atoms with E-state index >= 15 is 0 Å². The van der Waals surface area contributed by atoms with Crippen molar-refractivity contribution >= 4 is 5.71 Å². The van der Waals surface area contributed by atoms with Crippen molar-refractivity contribution in [3.8, 4) is 0 Å². The number of nitrogens with zero attached hydrogens (tertiary/aromatic N) is 1. The normalized spacial score (nSPS) is 31.6. The molecular weight excluding hydrogens is 174 g/mol. The van der Waals surface area contributed by atoms with Crippen LogP contribution in [0.1, 0.15) is 51.4 Å². The van der Waals surface area contributed by atoms with Gasteiger partial charge in [-0.2, -0.15) is 0 Å². The molecule has 2 heteroatoms. The highest BCUT2D eigenvalue weighted by Crippen LogP contribution is 2.33. The lowest BCUT2D eigenvalue weighted by Crippen LogP contribution is -2.22. The minimum Gasteiger partial charge on any atom is -0.411 e. The second-order valence-electron chi connectivity index (χ2n) is 4.41. The summed E-state index contributed by atoms with van der Waals surface area (Å²) in [4.78, 5) is 0. The van der Waals surface area contributed by atoms with Gasteiger partial charge in [0.15, 0.2) is 0 Å². The van der Waals surface area contributed by atoms with Crippen LogP contribution in [0.25, 0.3) is 0 Å². The monoisotopic (exact) mass is 193 g/mol. The second kappa shape index (κ2) is 4.63. The first-order chi connectivity index (χ1) is 6.92. The summed E-state index contributed by atoms with van der Waals surface area (Å²) in [7, 11) is 0. The molecule has 0 aromatic rings. The Morgan fingerprint density at radius 1 is 1.14 bits per heavy atom. The van der Waals surface area contributed by atoms with Crippen LogP contribution in [0, 0.1) is 5.92 Å². The van der Waals surface area contributed by atoms with Gasteiger partial charge in [-0.05, 0) is 44.9 Å². The van der Waals surface area contributed by atoms with Crippen LogP contribution >= 0.6 is 0 Å². The molecule has 0 aromatic carbocycles. The molecule has 14 heavy (non-hydrogen) atoms. The van der Waals surface area contributed by atoms with Crippen molar-refractivity contribution in [3.05, 3.63) is 11.6 Å². The molecule has 1 N–H and O–H groups in total. The molecule has 78 valence electrons. The van der Waals surface area contributed by atoms with E-state index in [-0.39, 0.29) is 0 Å². The Bertz CT molecular complexity index is 255. The zero-order valence-corrected chi connectivity index (χ0v) is 8.71. The SMILES string of the molecule is O/N=C1\CCCCC1C1=CCCCC1. The summed E-state index contributed by atoms with van der Waals surface area (Å²) in [6.07, 6.45) is 12.2. The average molecular weight is 193 g/mol. The lowest BCUT2D eigenvalue weighted by atomic mass is 9.78. The number of hydrogen-bond donors (Lipinski definition) is 1. The Labute approximate surface area is 85.7 Å². The molecular formula is C12H19NO. The third kappa shape index (κ3) is 1.99. The lowest BCUT2D eigenvalue weighted by Gasteiger charge is -2.27. The average Bonchev–Trinajstić information content (AvgIpc) is 2.30. The van der Waals surface area contributed by atoms with Crippen LogP contribution in [-0.4, -0.2) is 10.9 Å². The number of oxime groups is 1. The van der Waals surface area contributed by atoms with Gasteiger partial charge in [0.25, 0.3) is 0 Å². The van der Waals surface area contributed by atoms with E-state index in [1.54, 1.807) is 5.57 Å². The number of allylic oxidation sites excluding steroid dienone is 2. The van der Waals surface area contributed by atoms with Gasteiger partial charge in [0.05, 0.1) is 5.71 Å². The fourth-order valence-corrected chi connectivity index (χ4v) is 2.69. The van der Waals surface area contributed by atoms with E-state index in [1.807, 2.05) is 0 Å². The van der Waals surface area contributed by atoms with Gasteiger partial charge in [0, 0.05) is 5.92 Å². The molecule has 1 saturated carbocycles. The first-order valence-electron chi connectivity index (χ1n) is 5.81. The minimum absolute atomic E-state index is 0.481. The maximum atomic E-state index is 8.95. The standard InChI is InChI=1S/C12H19NO/c14-13-12-9-5-4-8-11(12)10-6-2-1-3-7-10/h6,11,14H,1-5,7-9H2/b13-12+. The Morgan fingerprint density at radius 3 is 2.71 bits per heavy atom. The third-order valence-corrected chi connectivity index (χ3v) is 3.48. The lowest BCUT2D eigenvalue weighted by molar-refractivity contribution is 0.310. The smallest absolute Gasteiger partial charge is 0.0641 e. The van der Waals surface area contributed by atoms with E-state index in [0.29, 0.717) is 5.92 Å². The van der Waals surface area contributed by atoms with E-state index in [4.69, 9.17) is 5.21 Å². The van der Waals surface area contributed by atoms with Crippen LogP contribution in [0.4, 0.5) is 0 Å². The molecule has 1 fully saturated rings. The predicted octanol–water partition coefficient (Wildman–Crippen LogP) is 3.51. The first-order valence-corrected chi connectivity index (χ1v) is 5.81. The summed E-state index contributed by atoms with van der Waals surface area (Å²) >= 11 is 0. The largest absolute Gasteiger partial charge is 0.411 e. The van der Waals surface area contributed by atoms with Crippen LogP contribution in [0.15, 0.2) is 16.8 Å². The van der Waals surface area contributed by atoms with Gasteiger partial charge < -0.3 is 5.21 Å². The van der Waals surface area contributed by atoms with Crippen molar-refractivity contribution in [3.63, 3.8) is 0 Å². The highest BCUT2D eigenvalue weighted by atomic mass is 16.4. The Morgan fingerprint density at radius 2 is 2.00 bits per heavy atom. The van der Waals surface area contributed by atoms with Crippen LogP contribution in [0.2, 0.25) is 0 Å². The van der Waals surface area contributed by atoms with Gasteiger partial charge in [0.2, 0.25) is 0 Å². The van der Waals surface area contributed by atoms with E-state index in [9.17, 15) is 0 Å². The first kappa shape index (κ1) is 9.75. The highest BCUT2D eigenvalue weighted by Gasteiger charge is 2.24. The summed E-state index contributed by atoms with van der Waals surface area (Å²) < 4.78 is 0. The zero-order valence-electron chi connectivity index (χ0n) is 8.71. The zero-order chi connectivity index (χ0) is 9.80. The van der Waals surface area contributed by atoms with Gasteiger partial charge in [-0.1, -0.05) is 23.2 Å². The molecule has 0 heterocycles. The van der Waals surface area contributed by atoms with E-state index in [2.05, 4.69) is 11.2 Å². The third-order valence-electron chi connectivity index (χ3n) is 3.48. The van der Waals surface area contributed by atoms with Crippen LogP contribution in [0.5, 0.6) is 0 Å². The van der Waals surface area contributed by atoms with Crippen molar-refractivity contribution in [2.24, 2.45) is 11.1 Å². The molecule has 2 nitrogen and oxygen atoms in total. The van der Waals surface area contributed by atoms with Crippen LogP contribution in [0.3, 0.4) is 0 Å². The van der Waals surface area contributed by atoms with Crippen LogP contribution < -0.4 is 0 Å². The van der Waals surface area contributed by atoms with E-state index < -0.39 is 0 Å². The molecule has 0 bridgehead atoms. The molecule has 0 aromatic heterocycles. The second-order valence-corrected chi connectivity index (χ2v) is 4.41. The molecule has 0 spiro atoms. The fourth-order valence-electron chi connectivity index (χ4n) is 2.69. The molecule has 2 aliphatic carbocycles. The van der Waals surface area contributed by atoms with Crippen molar-refractivity contribution in [2.75, 3.05) is 0 Å². The molecule has 0 amide bonds. The summed E-state index contributed by atoms with van der Waals surface area (Å²) in [5.41, 5.74) is 2.58. The Hall–Kier alpha value is -0.790. The molecule has 0 aliphatic heterocycles. The van der Waals surface area contributed by atoms with Crippen molar-refractivity contribution < 1.29 is 5.21 Å². The number of rotatable bonds is 1. The molecule has 2 aliphatic rings. The molecule has 1 unspecified atom stereocenters. The maximum Gasteiger partial charge on any atom is 0.0641 e.